The lowest BCUT2D eigenvalue weighted by atomic mass is 10.0. The van der Waals surface area contributed by atoms with Crippen molar-refractivity contribution in [3.8, 4) is 0 Å². The van der Waals surface area contributed by atoms with Crippen LogP contribution < -0.4 is 10.6 Å². The fourth-order valence-electron chi connectivity index (χ4n) is 5.51. The van der Waals surface area contributed by atoms with Crippen LogP contribution in [0.4, 0.5) is 0 Å². The molecule has 0 aromatic rings. The average Bonchev–Trinajstić information content (AvgIpc) is 3.43. The molecular formula is C20H28N4S2. The summed E-state index contributed by atoms with van der Waals surface area (Å²) in [4.78, 5) is 4.65. The smallest absolute Gasteiger partial charge is 0.169 e. The van der Waals surface area contributed by atoms with Gasteiger partial charge in [-0.05, 0) is 73.8 Å². The van der Waals surface area contributed by atoms with Gasteiger partial charge in [-0.3, -0.25) is 0 Å². The SMILES string of the molecule is S=C(N[C@H]1C[C@@H]2C=C[C@H]1C2)N1CCN(C(=S)N[C@@H]2C[C@H]3C=C[C@H]2C3)CC1. The zero-order valence-electron chi connectivity index (χ0n) is 15.1. The van der Waals surface area contributed by atoms with Gasteiger partial charge in [-0.15, -0.1) is 0 Å². The van der Waals surface area contributed by atoms with Gasteiger partial charge in [0, 0.05) is 38.3 Å². The van der Waals surface area contributed by atoms with E-state index in [4.69, 9.17) is 24.4 Å². The number of rotatable bonds is 2. The van der Waals surface area contributed by atoms with Gasteiger partial charge in [0.1, 0.15) is 0 Å². The predicted molar refractivity (Wildman–Crippen MR) is 113 cm³/mol. The molecule has 4 aliphatic carbocycles. The van der Waals surface area contributed by atoms with Crippen molar-refractivity contribution in [2.45, 2.75) is 37.8 Å². The van der Waals surface area contributed by atoms with E-state index < -0.39 is 0 Å². The van der Waals surface area contributed by atoms with Crippen molar-refractivity contribution in [2.24, 2.45) is 23.7 Å². The minimum Gasteiger partial charge on any atom is -0.359 e. The Morgan fingerprint density at radius 1 is 0.654 bits per heavy atom. The van der Waals surface area contributed by atoms with E-state index in [9.17, 15) is 0 Å². The Morgan fingerprint density at radius 3 is 1.38 bits per heavy atom. The van der Waals surface area contributed by atoms with E-state index in [0.717, 1.165) is 48.2 Å². The van der Waals surface area contributed by atoms with Crippen molar-refractivity contribution < 1.29 is 0 Å². The molecule has 0 spiro atoms. The van der Waals surface area contributed by atoms with Crippen molar-refractivity contribution in [1.29, 1.82) is 0 Å². The zero-order valence-corrected chi connectivity index (χ0v) is 16.8. The van der Waals surface area contributed by atoms with E-state index in [2.05, 4.69) is 44.7 Å². The minimum absolute atomic E-state index is 0.545. The third-order valence-electron chi connectivity index (χ3n) is 7.03. The molecule has 1 heterocycles. The first kappa shape index (κ1) is 17.0. The number of nitrogens with one attached hydrogen (secondary N) is 2. The molecule has 2 saturated carbocycles. The van der Waals surface area contributed by atoms with Crippen molar-refractivity contribution >= 4 is 34.7 Å². The van der Waals surface area contributed by atoms with Crippen LogP contribution in [0.25, 0.3) is 0 Å². The molecule has 6 atom stereocenters. The Hall–Kier alpha value is -1.14. The third-order valence-corrected chi connectivity index (χ3v) is 7.78. The lowest BCUT2D eigenvalue weighted by molar-refractivity contribution is 0.249. The molecule has 1 aliphatic heterocycles. The van der Waals surface area contributed by atoms with Crippen LogP contribution in [0, 0.1) is 23.7 Å². The molecular weight excluding hydrogens is 360 g/mol. The van der Waals surface area contributed by atoms with Gasteiger partial charge in [0.05, 0.1) is 0 Å². The maximum atomic E-state index is 5.70. The monoisotopic (exact) mass is 388 g/mol. The molecule has 3 fully saturated rings. The summed E-state index contributed by atoms with van der Waals surface area (Å²) in [6.45, 7) is 3.84. The summed E-state index contributed by atoms with van der Waals surface area (Å²) < 4.78 is 0. The summed E-state index contributed by atoms with van der Waals surface area (Å²) >= 11 is 11.4. The summed E-state index contributed by atoms with van der Waals surface area (Å²) in [7, 11) is 0. The highest BCUT2D eigenvalue weighted by Crippen LogP contribution is 2.39. The molecule has 5 rings (SSSR count). The molecule has 0 unspecified atom stereocenters. The van der Waals surface area contributed by atoms with Gasteiger partial charge in [-0.25, -0.2) is 0 Å². The molecule has 0 aromatic carbocycles. The van der Waals surface area contributed by atoms with Crippen molar-refractivity contribution in [3.05, 3.63) is 24.3 Å². The summed E-state index contributed by atoms with van der Waals surface area (Å²) in [6.07, 6.45) is 14.6. The molecule has 0 radical (unpaired) electrons. The summed E-state index contributed by atoms with van der Waals surface area (Å²) in [5.41, 5.74) is 0. The van der Waals surface area contributed by atoms with Crippen molar-refractivity contribution in [2.75, 3.05) is 26.2 Å². The summed E-state index contributed by atoms with van der Waals surface area (Å²) in [6, 6.07) is 1.09. The Labute approximate surface area is 167 Å². The molecule has 6 heteroatoms. The lowest BCUT2D eigenvalue weighted by Gasteiger charge is -2.39. The molecule has 140 valence electrons. The van der Waals surface area contributed by atoms with E-state index in [1.807, 2.05) is 0 Å². The van der Waals surface area contributed by atoms with E-state index in [1.54, 1.807) is 0 Å². The number of thiocarbonyl (C=S) groups is 2. The fourth-order valence-corrected chi connectivity index (χ4v) is 6.17. The molecule has 5 aliphatic rings. The van der Waals surface area contributed by atoms with Gasteiger partial charge < -0.3 is 20.4 Å². The second-order valence-corrected chi connectivity index (χ2v) is 9.42. The number of fused-ring (bicyclic) bond motifs is 4. The second-order valence-electron chi connectivity index (χ2n) is 8.65. The maximum absolute atomic E-state index is 5.70. The third kappa shape index (κ3) is 3.15. The Balaban J connectivity index is 1.08. The van der Waals surface area contributed by atoms with E-state index >= 15 is 0 Å². The number of piperazine rings is 1. The van der Waals surface area contributed by atoms with Gasteiger partial charge >= 0.3 is 0 Å². The largest absolute Gasteiger partial charge is 0.359 e. The standard InChI is InChI=1S/C20H28N4S2/c25-19(21-17-11-13-1-3-15(17)9-13)23-5-7-24(8-6-23)20(26)22-18-12-14-2-4-16(18)10-14/h1-4,13-18H,5-12H2,(H,21,25)(H,22,26)/t13-,14+,15-,16-,17+,18-/m0/s1. The maximum Gasteiger partial charge on any atom is 0.169 e. The topological polar surface area (TPSA) is 30.5 Å². The number of hydrogen-bond donors (Lipinski definition) is 2. The summed E-state index contributed by atoms with van der Waals surface area (Å²) in [5.74, 6) is 2.93. The Kier molecular flexibility index (Phi) is 4.44. The molecule has 0 aromatic heterocycles. The van der Waals surface area contributed by atoms with Gasteiger partial charge in [-0.2, -0.15) is 0 Å². The molecule has 26 heavy (non-hydrogen) atoms. The van der Waals surface area contributed by atoms with Crippen molar-refractivity contribution in [1.82, 2.24) is 20.4 Å². The number of nitrogens with zero attached hydrogens (tertiary/aromatic N) is 2. The fraction of sp³-hybridized carbons (Fsp3) is 0.700. The van der Waals surface area contributed by atoms with Crippen LogP contribution in [0.1, 0.15) is 25.7 Å². The van der Waals surface area contributed by atoms with Crippen LogP contribution in [0.5, 0.6) is 0 Å². The van der Waals surface area contributed by atoms with E-state index in [-0.39, 0.29) is 0 Å². The first-order chi connectivity index (χ1) is 12.7. The number of hydrogen-bond acceptors (Lipinski definition) is 2. The average molecular weight is 389 g/mol. The van der Waals surface area contributed by atoms with Gasteiger partial charge in [0.2, 0.25) is 0 Å². The molecule has 1 saturated heterocycles. The van der Waals surface area contributed by atoms with Gasteiger partial charge in [0.25, 0.3) is 0 Å². The van der Waals surface area contributed by atoms with Crippen molar-refractivity contribution in [3.63, 3.8) is 0 Å². The van der Waals surface area contributed by atoms with Crippen LogP contribution in [0.3, 0.4) is 0 Å². The molecule has 4 bridgehead atoms. The predicted octanol–water partition coefficient (Wildman–Crippen LogP) is 2.28. The second kappa shape index (κ2) is 6.79. The highest BCUT2D eigenvalue weighted by molar-refractivity contribution is 7.80. The summed E-state index contributed by atoms with van der Waals surface area (Å²) in [5, 5.41) is 9.14. The van der Waals surface area contributed by atoms with Crippen LogP contribution in [0.2, 0.25) is 0 Å². The van der Waals surface area contributed by atoms with Gasteiger partial charge in [-0.1, -0.05) is 24.3 Å². The minimum atomic E-state index is 0.545. The van der Waals surface area contributed by atoms with Gasteiger partial charge in [0.15, 0.2) is 10.2 Å². The number of allylic oxidation sites excluding steroid dienone is 2. The first-order valence-electron chi connectivity index (χ1n) is 10.1. The van der Waals surface area contributed by atoms with Crippen LogP contribution in [-0.4, -0.2) is 58.3 Å². The Bertz CT molecular complexity index is 596. The van der Waals surface area contributed by atoms with Crippen LogP contribution >= 0.6 is 24.4 Å². The van der Waals surface area contributed by atoms with Crippen LogP contribution in [-0.2, 0) is 0 Å². The van der Waals surface area contributed by atoms with E-state index in [0.29, 0.717) is 23.9 Å². The van der Waals surface area contributed by atoms with E-state index in [1.165, 1.54) is 25.7 Å². The lowest BCUT2D eigenvalue weighted by Crippen LogP contribution is -2.57. The molecule has 4 nitrogen and oxygen atoms in total. The molecule has 0 amide bonds. The first-order valence-corrected chi connectivity index (χ1v) is 10.9. The van der Waals surface area contributed by atoms with Crippen LogP contribution in [0.15, 0.2) is 24.3 Å². The normalized spacial score (nSPS) is 39.7. The zero-order chi connectivity index (χ0) is 17.7. The quantitative estimate of drug-likeness (QED) is 0.558. The Morgan fingerprint density at radius 2 is 1.08 bits per heavy atom. The highest BCUT2D eigenvalue weighted by atomic mass is 32.1. The highest BCUT2D eigenvalue weighted by Gasteiger charge is 2.38. The molecule has 2 N–H and O–H groups in total.